The van der Waals surface area contributed by atoms with E-state index in [-0.39, 0.29) is 18.2 Å². The van der Waals surface area contributed by atoms with Crippen molar-refractivity contribution in [1.29, 1.82) is 0 Å². The highest BCUT2D eigenvalue weighted by atomic mass is 16.2. The molecule has 21 heavy (non-hydrogen) atoms. The van der Waals surface area contributed by atoms with Crippen LogP contribution in [0.3, 0.4) is 0 Å². The van der Waals surface area contributed by atoms with Gasteiger partial charge in [0.2, 0.25) is 11.8 Å². The highest BCUT2D eigenvalue weighted by Crippen LogP contribution is 2.39. The third-order valence-corrected chi connectivity index (χ3v) is 4.35. The second kappa shape index (κ2) is 4.25. The van der Waals surface area contributed by atoms with Crippen molar-refractivity contribution < 1.29 is 9.59 Å². The summed E-state index contributed by atoms with van der Waals surface area (Å²) < 4.78 is 0. The van der Waals surface area contributed by atoms with Crippen molar-refractivity contribution in [2.75, 3.05) is 18.0 Å². The first-order chi connectivity index (χ1) is 10.2. The Kier molecular flexibility index (Phi) is 2.48. The minimum absolute atomic E-state index is 0.149. The lowest BCUT2D eigenvalue weighted by atomic mass is 9.85. The number of hydrogen-bond donors (Lipinski definition) is 1. The number of para-hydroxylation sites is 2. The number of carbonyl (C=O) groups is 2. The van der Waals surface area contributed by atoms with Gasteiger partial charge in [-0.1, -0.05) is 12.1 Å². The largest absolute Gasteiger partial charge is 0.354 e. The monoisotopic (exact) mass is 282 g/mol. The fourth-order valence-corrected chi connectivity index (χ4v) is 3.19. The Morgan fingerprint density at radius 2 is 2.00 bits per heavy atom. The molecule has 6 nitrogen and oxygen atoms in total. The van der Waals surface area contributed by atoms with Gasteiger partial charge in [0.25, 0.3) is 0 Å². The molecule has 0 radical (unpaired) electrons. The van der Waals surface area contributed by atoms with E-state index in [9.17, 15) is 9.59 Å². The number of fused-ring (bicyclic) bond motifs is 1. The van der Waals surface area contributed by atoms with E-state index in [1.165, 1.54) is 0 Å². The summed E-state index contributed by atoms with van der Waals surface area (Å²) in [6.07, 6.45) is 2.69. The molecule has 2 fully saturated rings. The summed E-state index contributed by atoms with van der Waals surface area (Å²) in [6.45, 7) is 1.24. The zero-order valence-electron chi connectivity index (χ0n) is 11.4. The molecule has 0 aliphatic carbocycles. The summed E-state index contributed by atoms with van der Waals surface area (Å²) in [5.74, 6) is 0.438. The van der Waals surface area contributed by atoms with Crippen molar-refractivity contribution in [3.05, 3.63) is 30.5 Å². The molecule has 4 rings (SSSR count). The lowest BCUT2D eigenvalue weighted by molar-refractivity contribution is -0.127. The average Bonchev–Trinajstić information content (AvgIpc) is 3.03. The number of hydrogen-bond acceptors (Lipinski definition) is 5. The number of amides is 2. The van der Waals surface area contributed by atoms with Gasteiger partial charge in [0.15, 0.2) is 0 Å². The highest BCUT2D eigenvalue weighted by Gasteiger charge is 2.51. The Labute approximate surface area is 121 Å². The molecule has 1 atom stereocenters. The molecule has 0 saturated carbocycles. The summed E-state index contributed by atoms with van der Waals surface area (Å²) in [6, 6.07) is 7.69. The molecule has 2 aliphatic rings. The SMILES string of the molecule is O=C1C[C@@]2(CCN(c3cnc4ccccc4n3)C2)C(=O)N1. The highest BCUT2D eigenvalue weighted by molar-refractivity contribution is 6.06. The minimum Gasteiger partial charge on any atom is -0.354 e. The first-order valence-electron chi connectivity index (χ1n) is 6.97. The maximum atomic E-state index is 12.0. The van der Waals surface area contributed by atoms with Crippen molar-refractivity contribution in [3.63, 3.8) is 0 Å². The fourth-order valence-electron chi connectivity index (χ4n) is 3.19. The molecule has 6 heteroatoms. The summed E-state index contributed by atoms with van der Waals surface area (Å²) in [5.41, 5.74) is 1.11. The Balaban J connectivity index is 1.65. The number of rotatable bonds is 1. The van der Waals surface area contributed by atoms with Gasteiger partial charge in [-0.15, -0.1) is 0 Å². The number of imide groups is 1. The van der Waals surface area contributed by atoms with Gasteiger partial charge < -0.3 is 4.90 Å². The van der Waals surface area contributed by atoms with Crippen molar-refractivity contribution in [1.82, 2.24) is 15.3 Å². The molecule has 0 unspecified atom stereocenters. The van der Waals surface area contributed by atoms with Gasteiger partial charge in [0.05, 0.1) is 22.6 Å². The van der Waals surface area contributed by atoms with Crippen LogP contribution in [0.1, 0.15) is 12.8 Å². The number of benzene rings is 1. The lowest BCUT2D eigenvalue weighted by Gasteiger charge is -2.21. The van der Waals surface area contributed by atoms with Crippen LogP contribution in [-0.2, 0) is 9.59 Å². The molecule has 1 spiro atoms. The van der Waals surface area contributed by atoms with E-state index in [0.29, 0.717) is 19.5 Å². The molecule has 3 heterocycles. The van der Waals surface area contributed by atoms with Crippen LogP contribution < -0.4 is 10.2 Å². The Morgan fingerprint density at radius 1 is 1.19 bits per heavy atom. The molecule has 0 bridgehead atoms. The van der Waals surface area contributed by atoms with Crippen LogP contribution in [0.15, 0.2) is 30.5 Å². The fraction of sp³-hybridized carbons (Fsp3) is 0.333. The van der Waals surface area contributed by atoms with Gasteiger partial charge in [-0.25, -0.2) is 4.98 Å². The molecule has 2 aromatic rings. The van der Waals surface area contributed by atoms with E-state index in [0.717, 1.165) is 16.9 Å². The molecule has 2 saturated heterocycles. The maximum absolute atomic E-state index is 12.0. The predicted molar refractivity (Wildman–Crippen MR) is 76.6 cm³/mol. The van der Waals surface area contributed by atoms with Crippen LogP contribution in [0.2, 0.25) is 0 Å². The van der Waals surface area contributed by atoms with Crippen LogP contribution >= 0.6 is 0 Å². The van der Waals surface area contributed by atoms with Gasteiger partial charge in [-0.05, 0) is 18.6 Å². The summed E-state index contributed by atoms with van der Waals surface area (Å²) >= 11 is 0. The van der Waals surface area contributed by atoms with Gasteiger partial charge >= 0.3 is 0 Å². The number of carbonyl (C=O) groups excluding carboxylic acids is 2. The normalized spacial score (nSPS) is 25.0. The second-order valence-electron chi connectivity index (χ2n) is 5.72. The predicted octanol–water partition coefficient (Wildman–Crippen LogP) is 0.873. The third kappa shape index (κ3) is 1.86. The molecule has 1 N–H and O–H groups in total. The first kappa shape index (κ1) is 12.3. The van der Waals surface area contributed by atoms with Crippen LogP contribution in [0.25, 0.3) is 11.0 Å². The van der Waals surface area contributed by atoms with E-state index in [2.05, 4.69) is 15.3 Å². The van der Waals surface area contributed by atoms with Crippen LogP contribution in [-0.4, -0.2) is 34.9 Å². The number of anilines is 1. The Morgan fingerprint density at radius 3 is 2.76 bits per heavy atom. The smallest absolute Gasteiger partial charge is 0.235 e. The van der Waals surface area contributed by atoms with Gasteiger partial charge in [0, 0.05) is 19.5 Å². The number of nitrogens with zero attached hydrogens (tertiary/aromatic N) is 3. The maximum Gasteiger partial charge on any atom is 0.235 e. The van der Waals surface area contributed by atoms with Gasteiger partial charge in [-0.2, -0.15) is 0 Å². The van der Waals surface area contributed by atoms with Crippen LogP contribution in [0.5, 0.6) is 0 Å². The van der Waals surface area contributed by atoms with E-state index < -0.39 is 5.41 Å². The first-order valence-corrected chi connectivity index (χ1v) is 6.97. The summed E-state index contributed by atoms with van der Waals surface area (Å²) in [5, 5.41) is 2.41. The zero-order valence-corrected chi connectivity index (χ0v) is 11.4. The molecular weight excluding hydrogens is 268 g/mol. The van der Waals surface area contributed by atoms with E-state index in [4.69, 9.17) is 0 Å². The van der Waals surface area contributed by atoms with Crippen molar-refractivity contribution in [2.24, 2.45) is 5.41 Å². The molecule has 106 valence electrons. The van der Waals surface area contributed by atoms with Crippen molar-refractivity contribution in [3.8, 4) is 0 Å². The molecule has 2 amide bonds. The Hall–Kier alpha value is -2.50. The van der Waals surface area contributed by atoms with Gasteiger partial charge in [-0.3, -0.25) is 19.9 Å². The molecular formula is C15H14N4O2. The summed E-state index contributed by atoms with van der Waals surface area (Å²) in [4.78, 5) is 34.5. The third-order valence-electron chi connectivity index (χ3n) is 4.35. The number of nitrogens with one attached hydrogen (secondary N) is 1. The average molecular weight is 282 g/mol. The van der Waals surface area contributed by atoms with E-state index in [1.807, 2.05) is 29.2 Å². The van der Waals surface area contributed by atoms with E-state index in [1.54, 1.807) is 6.20 Å². The quantitative estimate of drug-likeness (QED) is 0.786. The molecule has 1 aromatic heterocycles. The molecule has 1 aromatic carbocycles. The zero-order chi connectivity index (χ0) is 14.4. The van der Waals surface area contributed by atoms with E-state index >= 15 is 0 Å². The van der Waals surface area contributed by atoms with Gasteiger partial charge in [0.1, 0.15) is 5.82 Å². The van der Waals surface area contributed by atoms with Crippen molar-refractivity contribution in [2.45, 2.75) is 12.8 Å². The standard InChI is InChI=1S/C15H14N4O2/c20-13-7-15(14(21)18-13)5-6-19(9-15)12-8-16-10-3-1-2-4-11(10)17-12/h1-4,8H,5-7,9H2,(H,18,20,21)/t15-/m1/s1. The molecule has 2 aliphatic heterocycles. The topological polar surface area (TPSA) is 75.2 Å². The minimum atomic E-state index is -0.579. The number of aromatic nitrogens is 2. The van der Waals surface area contributed by atoms with Crippen LogP contribution in [0, 0.1) is 5.41 Å². The Bertz CT molecular complexity index is 760. The summed E-state index contributed by atoms with van der Waals surface area (Å²) in [7, 11) is 0. The second-order valence-corrected chi connectivity index (χ2v) is 5.72. The van der Waals surface area contributed by atoms with Crippen molar-refractivity contribution >= 4 is 28.7 Å². The lowest BCUT2D eigenvalue weighted by Crippen LogP contribution is -2.34. The van der Waals surface area contributed by atoms with Crippen LogP contribution in [0.4, 0.5) is 5.82 Å².